The van der Waals surface area contributed by atoms with Gasteiger partial charge in [-0.15, -0.1) is 0 Å². The summed E-state index contributed by atoms with van der Waals surface area (Å²) in [5, 5.41) is 8.28. The van der Waals surface area contributed by atoms with Crippen LogP contribution in [0, 0.1) is 12.8 Å². The van der Waals surface area contributed by atoms with E-state index in [1.165, 1.54) is 32.1 Å². The molecule has 0 bridgehead atoms. The van der Waals surface area contributed by atoms with Crippen LogP contribution in [0.5, 0.6) is 0 Å². The van der Waals surface area contributed by atoms with Crippen LogP contribution in [0.25, 0.3) is 0 Å². The fraction of sp³-hybridized carbons (Fsp3) is 0.812. The molecule has 0 aliphatic heterocycles. The van der Waals surface area contributed by atoms with Gasteiger partial charge in [-0.3, -0.25) is 0 Å². The van der Waals surface area contributed by atoms with Gasteiger partial charge in [0, 0.05) is 12.1 Å². The van der Waals surface area contributed by atoms with Crippen LogP contribution in [-0.4, -0.2) is 15.8 Å². The van der Waals surface area contributed by atoms with E-state index in [1.54, 1.807) is 0 Å². The Labute approximate surface area is 123 Å². The normalized spacial score (nSPS) is 18.4. The summed E-state index contributed by atoms with van der Waals surface area (Å²) in [5.41, 5.74) is 7.97. The third-order valence-electron chi connectivity index (χ3n) is 4.60. The van der Waals surface area contributed by atoms with E-state index in [9.17, 15) is 0 Å². The van der Waals surface area contributed by atoms with E-state index < -0.39 is 0 Å². The molecule has 1 unspecified atom stereocenters. The average molecular weight is 278 g/mol. The number of hydrogen-bond donors (Lipinski definition) is 2. The monoisotopic (exact) mass is 278 g/mol. The van der Waals surface area contributed by atoms with Gasteiger partial charge in [0.15, 0.2) is 0 Å². The van der Waals surface area contributed by atoms with Gasteiger partial charge in [0.1, 0.15) is 5.82 Å². The molecule has 1 saturated carbocycles. The minimum absolute atomic E-state index is 0.331. The maximum atomic E-state index is 6.23. The Balaban J connectivity index is 2.18. The first-order valence-electron chi connectivity index (χ1n) is 8.15. The van der Waals surface area contributed by atoms with E-state index in [0.717, 1.165) is 29.5 Å². The van der Waals surface area contributed by atoms with Crippen LogP contribution in [0.3, 0.4) is 0 Å². The van der Waals surface area contributed by atoms with Crippen molar-refractivity contribution in [3.63, 3.8) is 0 Å². The van der Waals surface area contributed by atoms with Crippen molar-refractivity contribution in [1.29, 1.82) is 0 Å². The number of anilines is 2. The van der Waals surface area contributed by atoms with Crippen LogP contribution in [0.2, 0.25) is 0 Å². The molecule has 0 amide bonds. The fourth-order valence-corrected chi connectivity index (χ4v) is 3.34. The lowest BCUT2D eigenvalue weighted by molar-refractivity contribution is 0.311. The molecular formula is C16H30N4. The Bertz CT molecular complexity index is 430. The largest absolute Gasteiger partial charge is 0.394 e. The van der Waals surface area contributed by atoms with Crippen molar-refractivity contribution < 1.29 is 0 Å². The molecule has 0 saturated heterocycles. The molecule has 4 heteroatoms. The average Bonchev–Trinajstić information content (AvgIpc) is 2.73. The van der Waals surface area contributed by atoms with Gasteiger partial charge in [-0.2, -0.15) is 5.10 Å². The predicted octanol–water partition coefficient (Wildman–Crippen LogP) is 4.13. The third-order valence-corrected chi connectivity index (χ3v) is 4.60. The van der Waals surface area contributed by atoms with Gasteiger partial charge in [-0.25, -0.2) is 4.68 Å². The Morgan fingerprint density at radius 1 is 1.30 bits per heavy atom. The van der Waals surface area contributed by atoms with Gasteiger partial charge in [0.2, 0.25) is 0 Å². The van der Waals surface area contributed by atoms with Gasteiger partial charge in [-0.1, -0.05) is 26.2 Å². The number of aryl methyl sites for hydroxylation is 1. The number of nitrogens with one attached hydrogen (secondary N) is 1. The molecule has 4 nitrogen and oxygen atoms in total. The molecule has 1 fully saturated rings. The highest BCUT2D eigenvalue weighted by Gasteiger charge is 2.25. The lowest BCUT2D eigenvalue weighted by atomic mass is 9.83. The van der Waals surface area contributed by atoms with Crippen LogP contribution in [0.1, 0.15) is 71.0 Å². The fourth-order valence-electron chi connectivity index (χ4n) is 3.34. The number of nitrogen functional groups attached to an aromatic ring is 1. The lowest BCUT2D eigenvalue weighted by Gasteiger charge is -2.31. The van der Waals surface area contributed by atoms with Crippen molar-refractivity contribution in [3.05, 3.63) is 5.69 Å². The van der Waals surface area contributed by atoms with Gasteiger partial charge >= 0.3 is 0 Å². The molecule has 1 heterocycles. The number of hydrogen-bond acceptors (Lipinski definition) is 3. The van der Waals surface area contributed by atoms with Gasteiger partial charge in [-0.05, 0) is 46.0 Å². The van der Waals surface area contributed by atoms with Gasteiger partial charge in [0.25, 0.3) is 0 Å². The van der Waals surface area contributed by atoms with Crippen LogP contribution >= 0.6 is 0 Å². The summed E-state index contributed by atoms with van der Waals surface area (Å²) in [4.78, 5) is 0. The topological polar surface area (TPSA) is 55.9 Å². The second kappa shape index (κ2) is 6.51. The zero-order chi connectivity index (χ0) is 14.7. The van der Waals surface area contributed by atoms with Crippen LogP contribution in [0.4, 0.5) is 11.5 Å². The van der Waals surface area contributed by atoms with Crippen molar-refractivity contribution in [3.8, 4) is 0 Å². The molecule has 0 aromatic carbocycles. The Hall–Kier alpha value is -1.19. The first-order chi connectivity index (χ1) is 9.54. The SMILES string of the molecule is CCC(Nc1c(N)c(C)nn1C(C)C)C1CCCCC1. The highest BCUT2D eigenvalue weighted by molar-refractivity contribution is 5.65. The predicted molar refractivity (Wildman–Crippen MR) is 86.0 cm³/mol. The van der Waals surface area contributed by atoms with Crippen molar-refractivity contribution in [2.45, 2.75) is 78.3 Å². The molecule has 0 spiro atoms. The lowest BCUT2D eigenvalue weighted by Crippen LogP contribution is -2.31. The van der Waals surface area contributed by atoms with E-state index in [0.29, 0.717) is 12.1 Å². The number of rotatable bonds is 5. The van der Waals surface area contributed by atoms with E-state index in [-0.39, 0.29) is 0 Å². The summed E-state index contributed by atoms with van der Waals surface area (Å²) >= 11 is 0. The van der Waals surface area contributed by atoms with Crippen molar-refractivity contribution in [1.82, 2.24) is 9.78 Å². The van der Waals surface area contributed by atoms with Crippen LogP contribution in [-0.2, 0) is 0 Å². The summed E-state index contributed by atoms with van der Waals surface area (Å²) in [6.45, 7) is 8.56. The van der Waals surface area contributed by atoms with E-state index in [4.69, 9.17) is 5.73 Å². The van der Waals surface area contributed by atoms with Gasteiger partial charge in [0.05, 0.1) is 11.4 Å². The standard InChI is InChI=1S/C16H30N4/c1-5-14(13-9-7-6-8-10-13)18-16-15(17)12(4)19-20(16)11(2)3/h11,13-14,18H,5-10,17H2,1-4H3. The Kier molecular flexibility index (Phi) is 4.95. The molecule has 3 N–H and O–H groups in total. The van der Waals surface area contributed by atoms with Crippen molar-refractivity contribution in [2.75, 3.05) is 11.1 Å². The maximum absolute atomic E-state index is 6.23. The summed E-state index contributed by atoms with van der Waals surface area (Å²) in [7, 11) is 0. The quantitative estimate of drug-likeness (QED) is 0.851. The summed E-state index contributed by atoms with van der Waals surface area (Å²) in [6.07, 6.45) is 7.99. The molecule has 1 aliphatic carbocycles. The molecule has 1 atom stereocenters. The molecule has 0 radical (unpaired) electrons. The molecular weight excluding hydrogens is 248 g/mol. The molecule has 114 valence electrons. The smallest absolute Gasteiger partial charge is 0.148 e. The number of nitrogens with zero attached hydrogens (tertiary/aromatic N) is 2. The van der Waals surface area contributed by atoms with Crippen LogP contribution < -0.4 is 11.1 Å². The minimum atomic E-state index is 0.331. The molecule has 1 aliphatic rings. The highest BCUT2D eigenvalue weighted by atomic mass is 15.4. The van der Waals surface area contributed by atoms with Crippen molar-refractivity contribution >= 4 is 11.5 Å². The van der Waals surface area contributed by atoms with Gasteiger partial charge < -0.3 is 11.1 Å². The maximum Gasteiger partial charge on any atom is 0.148 e. The second-order valence-corrected chi connectivity index (χ2v) is 6.44. The molecule has 1 aromatic rings. The first-order valence-corrected chi connectivity index (χ1v) is 8.15. The van der Waals surface area contributed by atoms with E-state index in [1.807, 2.05) is 11.6 Å². The summed E-state index contributed by atoms with van der Waals surface area (Å²) < 4.78 is 2.04. The summed E-state index contributed by atoms with van der Waals surface area (Å²) in [6, 6.07) is 0.851. The summed E-state index contributed by atoms with van der Waals surface area (Å²) in [5.74, 6) is 1.80. The van der Waals surface area contributed by atoms with Crippen molar-refractivity contribution in [2.24, 2.45) is 5.92 Å². The second-order valence-electron chi connectivity index (χ2n) is 6.44. The Morgan fingerprint density at radius 3 is 2.50 bits per heavy atom. The molecule has 1 aromatic heterocycles. The zero-order valence-electron chi connectivity index (χ0n) is 13.4. The zero-order valence-corrected chi connectivity index (χ0v) is 13.4. The number of nitrogens with two attached hydrogens (primary N) is 1. The minimum Gasteiger partial charge on any atom is -0.394 e. The number of aromatic nitrogens is 2. The highest BCUT2D eigenvalue weighted by Crippen LogP contribution is 2.32. The van der Waals surface area contributed by atoms with E-state index >= 15 is 0 Å². The van der Waals surface area contributed by atoms with E-state index in [2.05, 4.69) is 31.2 Å². The first kappa shape index (κ1) is 15.2. The third kappa shape index (κ3) is 3.10. The van der Waals surface area contributed by atoms with Crippen LogP contribution in [0.15, 0.2) is 0 Å². The Morgan fingerprint density at radius 2 is 1.95 bits per heavy atom. The molecule has 2 rings (SSSR count). The molecule has 20 heavy (non-hydrogen) atoms.